The van der Waals surface area contributed by atoms with Crippen LogP contribution in [0.2, 0.25) is 0 Å². The van der Waals surface area contributed by atoms with E-state index in [1.165, 1.54) is 23.0 Å². The minimum Gasteiger partial charge on any atom is -0.335 e. The fraction of sp³-hybridized carbons (Fsp3) is 0.375. The molecule has 0 aliphatic heterocycles. The molecule has 44 heavy (non-hydrogen) atoms. The monoisotopic (exact) mass is 605 g/mol. The quantitative estimate of drug-likeness (QED) is 0.289. The number of amides is 1. The van der Waals surface area contributed by atoms with E-state index in [2.05, 4.69) is 35.4 Å². The van der Waals surface area contributed by atoms with Crippen molar-refractivity contribution in [2.45, 2.75) is 51.7 Å². The number of aromatic nitrogens is 4. The maximum atomic E-state index is 14.0. The number of hydrogen-bond acceptors (Lipinski definition) is 5. The molecule has 0 atom stereocenters. The summed E-state index contributed by atoms with van der Waals surface area (Å²) < 4.78 is 44.4. The van der Waals surface area contributed by atoms with Crippen molar-refractivity contribution in [1.82, 2.24) is 29.1 Å². The lowest BCUT2D eigenvalue weighted by molar-refractivity contribution is -0.137. The second-order valence-electron chi connectivity index (χ2n) is 11.2. The van der Waals surface area contributed by atoms with Crippen LogP contribution >= 0.6 is 0 Å². The van der Waals surface area contributed by atoms with Crippen LogP contribution in [-0.2, 0) is 6.18 Å². The van der Waals surface area contributed by atoms with Gasteiger partial charge in [-0.15, -0.1) is 0 Å². The maximum absolute atomic E-state index is 14.0. The van der Waals surface area contributed by atoms with Crippen molar-refractivity contribution in [3.05, 3.63) is 88.1 Å². The summed E-state index contributed by atoms with van der Waals surface area (Å²) >= 11 is 0. The molecule has 1 fully saturated rings. The number of hydrogen-bond donors (Lipinski definition) is 1. The first-order chi connectivity index (χ1) is 21.0. The van der Waals surface area contributed by atoms with Gasteiger partial charge in [-0.2, -0.15) is 23.5 Å². The van der Waals surface area contributed by atoms with E-state index in [1.54, 1.807) is 37.3 Å². The lowest BCUT2D eigenvalue weighted by Crippen LogP contribution is -2.44. The number of carbonyl (C=O) groups is 1. The smallest absolute Gasteiger partial charge is 0.335 e. The Labute approximate surface area is 253 Å². The Balaban J connectivity index is 1.57. The van der Waals surface area contributed by atoms with Crippen molar-refractivity contribution in [2.24, 2.45) is 5.92 Å². The molecule has 4 aromatic rings. The van der Waals surface area contributed by atoms with E-state index in [0.717, 1.165) is 60.0 Å². The number of nitrogens with one attached hydrogen (secondary N) is 1. The van der Waals surface area contributed by atoms with Crippen LogP contribution < -0.4 is 11.0 Å². The van der Waals surface area contributed by atoms with E-state index in [9.17, 15) is 28.0 Å². The molecule has 0 radical (unpaired) electrons. The fourth-order valence-electron chi connectivity index (χ4n) is 5.88. The van der Waals surface area contributed by atoms with Gasteiger partial charge in [0.25, 0.3) is 0 Å². The van der Waals surface area contributed by atoms with Crippen molar-refractivity contribution >= 4 is 6.03 Å². The third-order valence-corrected chi connectivity index (χ3v) is 8.33. The Morgan fingerprint density at radius 1 is 1.09 bits per heavy atom. The number of nitrogens with zero attached hydrogens (tertiary/aromatic N) is 6. The standard InChI is InChI=1S/C32H34F3N7O2/c1-4-39(3)20-23-8-12-25(13-9-23)38-30(43)41-29(28-16-17-37-42(28)26-14-10-22(19-36)11-15-26)21(2)40(31(41)44)27-7-5-6-24(18-27)32(33,34)35/h5-7,10-11,14-18,23,25H,4,8-9,12-13,20H2,1-3H3,(H,38,43)/t23-,25+. The highest BCUT2D eigenvalue weighted by molar-refractivity contribution is 5.83. The summed E-state index contributed by atoms with van der Waals surface area (Å²) in [4.78, 5) is 30.2. The predicted octanol–water partition coefficient (Wildman–Crippen LogP) is 5.76. The molecular weight excluding hydrogens is 571 g/mol. The van der Waals surface area contributed by atoms with Crippen LogP contribution in [-0.4, -0.2) is 56.0 Å². The predicted molar refractivity (Wildman–Crippen MR) is 160 cm³/mol. The van der Waals surface area contributed by atoms with Crippen LogP contribution in [0.25, 0.3) is 22.8 Å². The Kier molecular flexibility index (Phi) is 8.78. The van der Waals surface area contributed by atoms with E-state index in [4.69, 9.17) is 0 Å². The number of carbonyl (C=O) groups excluding carboxylic acids is 1. The molecule has 0 bridgehead atoms. The molecule has 0 spiro atoms. The molecule has 1 aliphatic rings. The zero-order valence-corrected chi connectivity index (χ0v) is 24.8. The van der Waals surface area contributed by atoms with Gasteiger partial charge in [0.2, 0.25) is 0 Å². The van der Waals surface area contributed by atoms with Crippen LogP contribution in [0.1, 0.15) is 49.4 Å². The van der Waals surface area contributed by atoms with Gasteiger partial charge < -0.3 is 10.2 Å². The summed E-state index contributed by atoms with van der Waals surface area (Å²) in [6.07, 6.45) is 0.286. The first kappa shape index (κ1) is 30.8. The van der Waals surface area contributed by atoms with Gasteiger partial charge in [-0.25, -0.2) is 18.8 Å². The molecule has 2 aromatic heterocycles. The Bertz CT molecular complexity index is 1740. The van der Waals surface area contributed by atoms with E-state index < -0.39 is 23.5 Å². The Morgan fingerprint density at radius 3 is 2.43 bits per heavy atom. The minimum atomic E-state index is -4.62. The average molecular weight is 606 g/mol. The lowest BCUT2D eigenvalue weighted by atomic mass is 9.86. The van der Waals surface area contributed by atoms with Gasteiger partial charge in [0.05, 0.1) is 46.2 Å². The third kappa shape index (κ3) is 6.19. The summed E-state index contributed by atoms with van der Waals surface area (Å²) in [5.41, 5.74) is 0.160. The molecule has 230 valence electrons. The van der Waals surface area contributed by atoms with Crippen molar-refractivity contribution in [3.8, 4) is 28.8 Å². The first-order valence-electron chi connectivity index (χ1n) is 14.6. The molecule has 1 aliphatic carbocycles. The van der Waals surface area contributed by atoms with Crippen LogP contribution in [0.5, 0.6) is 0 Å². The number of alkyl halides is 3. The number of halogens is 3. The number of benzene rings is 2. The highest BCUT2D eigenvalue weighted by Gasteiger charge is 2.33. The molecule has 2 aromatic carbocycles. The average Bonchev–Trinajstić information content (AvgIpc) is 3.59. The Hall–Kier alpha value is -4.63. The zero-order chi connectivity index (χ0) is 31.6. The molecule has 1 saturated carbocycles. The maximum Gasteiger partial charge on any atom is 0.416 e. The topological polar surface area (TPSA) is 101 Å². The number of rotatable bonds is 7. The van der Waals surface area contributed by atoms with Gasteiger partial charge in [-0.05, 0) is 101 Å². The molecule has 12 heteroatoms. The fourth-order valence-corrected chi connectivity index (χ4v) is 5.88. The molecule has 5 rings (SSSR count). The second-order valence-corrected chi connectivity index (χ2v) is 11.2. The largest absolute Gasteiger partial charge is 0.416 e. The number of nitriles is 1. The van der Waals surface area contributed by atoms with Crippen molar-refractivity contribution in [3.63, 3.8) is 0 Å². The first-order valence-corrected chi connectivity index (χ1v) is 14.6. The van der Waals surface area contributed by atoms with Gasteiger partial charge in [-0.3, -0.25) is 4.57 Å². The van der Waals surface area contributed by atoms with E-state index in [0.29, 0.717) is 22.9 Å². The summed E-state index contributed by atoms with van der Waals surface area (Å²) in [5.74, 6) is 0.525. The summed E-state index contributed by atoms with van der Waals surface area (Å²) in [6, 6.07) is 14.0. The van der Waals surface area contributed by atoms with Crippen molar-refractivity contribution in [1.29, 1.82) is 5.26 Å². The molecule has 9 nitrogen and oxygen atoms in total. The summed E-state index contributed by atoms with van der Waals surface area (Å²) in [5, 5.41) is 16.6. The Morgan fingerprint density at radius 2 is 1.80 bits per heavy atom. The van der Waals surface area contributed by atoms with Crippen molar-refractivity contribution in [2.75, 3.05) is 20.1 Å². The van der Waals surface area contributed by atoms with E-state index in [-0.39, 0.29) is 23.1 Å². The molecular formula is C32H34F3N7O2. The molecule has 0 unspecified atom stereocenters. The highest BCUT2D eigenvalue weighted by atomic mass is 19.4. The van der Waals surface area contributed by atoms with Crippen molar-refractivity contribution < 1.29 is 18.0 Å². The normalized spacial score (nSPS) is 17.0. The minimum absolute atomic E-state index is 0.0138. The summed E-state index contributed by atoms with van der Waals surface area (Å²) in [6.45, 7) is 5.65. The van der Waals surface area contributed by atoms with E-state index in [1.807, 2.05) is 0 Å². The second kappa shape index (κ2) is 12.5. The third-order valence-electron chi connectivity index (χ3n) is 8.33. The number of imidazole rings is 1. The molecule has 2 heterocycles. The van der Waals surface area contributed by atoms with E-state index >= 15 is 0 Å². The van der Waals surface area contributed by atoms with Crippen LogP contribution in [0.3, 0.4) is 0 Å². The van der Waals surface area contributed by atoms with Crippen LogP contribution in [0, 0.1) is 24.2 Å². The van der Waals surface area contributed by atoms with Gasteiger partial charge in [-0.1, -0.05) is 13.0 Å². The SMILES string of the molecule is CCN(C)C[C@H]1CC[C@@H](NC(=O)n2c(-c3ccnn3-c3ccc(C#N)cc3)c(C)n(-c3cccc(C(F)(F)F)c3)c2=O)CC1. The molecule has 1 N–H and O–H groups in total. The zero-order valence-electron chi connectivity index (χ0n) is 24.8. The van der Waals surface area contributed by atoms with Gasteiger partial charge in [0.15, 0.2) is 0 Å². The highest BCUT2D eigenvalue weighted by Crippen LogP contribution is 2.32. The molecule has 0 saturated heterocycles. The van der Waals surface area contributed by atoms with Crippen LogP contribution in [0.15, 0.2) is 65.6 Å². The van der Waals surface area contributed by atoms with Gasteiger partial charge >= 0.3 is 17.9 Å². The summed E-state index contributed by atoms with van der Waals surface area (Å²) in [7, 11) is 2.09. The molecule has 1 amide bonds. The van der Waals surface area contributed by atoms with Gasteiger partial charge in [0, 0.05) is 12.6 Å². The van der Waals surface area contributed by atoms with Crippen LogP contribution in [0.4, 0.5) is 18.0 Å². The van der Waals surface area contributed by atoms with Gasteiger partial charge in [0.1, 0.15) is 5.69 Å². The lowest BCUT2D eigenvalue weighted by Gasteiger charge is -2.31.